The summed E-state index contributed by atoms with van der Waals surface area (Å²) in [6, 6.07) is 4.04. The van der Waals surface area contributed by atoms with E-state index in [1.165, 1.54) is 11.1 Å². The third-order valence-corrected chi connectivity index (χ3v) is 1.49. The first kappa shape index (κ1) is 11.9. The molecule has 1 aromatic rings. The molecular formula is C12H19N. The van der Waals surface area contributed by atoms with Crippen molar-refractivity contribution in [3.05, 3.63) is 35.2 Å². The van der Waals surface area contributed by atoms with Crippen LogP contribution in [0.4, 0.5) is 0 Å². The van der Waals surface area contributed by atoms with Crippen LogP contribution in [-0.2, 0) is 0 Å². The second-order valence-corrected chi connectivity index (χ2v) is 2.90. The average molecular weight is 177 g/mol. The fraction of sp³-hybridized carbons (Fsp3) is 0.417. The van der Waals surface area contributed by atoms with Gasteiger partial charge in [-0.2, -0.15) is 0 Å². The lowest BCUT2D eigenvalue weighted by molar-refractivity contribution is 1.19. The first-order valence-electron chi connectivity index (χ1n) is 4.76. The molecule has 0 saturated heterocycles. The molecule has 0 aliphatic rings. The molecular weight excluding hydrogens is 158 g/mol. The van der Waals surface area contributed by atoms with Gasteiger partial charge in [-0.15, -0.1) is 0 Å². The van der Waals surface area contributed by atoms with Crippen LogP contribution in [0.3, 0.4) is 0 Å². The zero-order chi connectivity index (χ0) is 10.3. The third-order valence-electron chi connectivity index (χ3n) is 1.49. The standard InChI is InChI=1S/C10H13N.C2H6/c1-8(2)7-10-5-4-6-11-9(10)3;1-2/h4-7H,1-3H3;1-2H3. The molecule has 0 fully saturated rings. The maximum Gasteiger partial charge on any atom is 0.0444 e. The van der Waals surface area contributed by atoms with Gasteiger partial charge in [0.05, 0.1) is 0 Å². The van der Waals surface area contributed by atoms with Gasteiger partial charge in [0.15, 0.2) is 0 Å². The number of hydrogen-bond acceptors (Lipinski definition) is 1. The Morgan fingerprint density at radius 1 is 1.31 bits per heavy atom. The van der Waals surface area contributed by atoms with Crippen molar-refractivity contribution < 1.29 is 0 Å². The minimum atomic E-state index is 1.09. The van der Waals surface area contributed by atoms with Crippen molar-refractivity contribution in [2.75, 3.05) is 0 Å². The van der Waals surface area contributed by atoms with Gasteiger partial charge >= 0.3 is 0 Å². The monoisotopic (exact) mass is 177 g/mol. The highest BCUT2D eigenvalue weighted by Crippen LogP contribution is 2.08. The van der Waals surface area contributed by atoms with Crippen molar-refractivity contribution in [2.45, 2.75) is 34.6 Å². The summed E-state index contributed by atoms with van der Waals surface area (Å²) in [6.07, 6.45) is 3.96. The van der Waals surface area contributed by atoms with E-state index >= 15 is 0 Å². The zero-order valence-electron chi connectivity index (χ0n) is 9.26. The van der Waals surface area contributed by atoms with Gasteiger partial charge in [0, 0.05) is 11.9 Å². The van der Waals surface area contributed by atoms with Crippen LogP contribution in [0.1, 0.15) is 39.0 Å². The molecule has 1 nitrogen and oxygen atoms in total. The van der Waals surface area contributed by atoms with Gasteiger partial charge in [-0.3, -0.25) is 4.98 Å². The predicted octanol–water partition coefficient (Wildman–Crippen LogP) is 3.84. The Labute approximate surface area is 81.5 Å². The van der Waals surface area contributed by atoms with E-state index in [1.54, 1.807) is 0 Å². The summed E-state index contributed by atoms with van der Waals surface area (Å²) < 4.78 is 0. The number of pyridine rings is 1. The molecule has 0 aromatic carbocycles. The van der Waals surface area contributed by atoms with Crippen molar-refractivity contribution >= 4 is 6.08 Å². The van der Waals surface area contributed by atoms with Gasteiger partial charge in [-0.05, 0) is 32.4 Å². The Morgan fingerprint density at radius 3 is 2.38 bits per heavy atom. The second kappa shape index (κ2) is 6.41. The van der Waals surface area contributed by atoms with Gasteiger partial charge in [0.25, 0.3) is 0 Å². The molecule has 72 valence electrons. The van der Waals surface area contributed by atoms with Crippen LogP contribution in [0, 0.1) is 6.92 Å². The topological polar surface area (TPSA) is 12.9 Å². The first-order valence-corrected chi connectivity index (χ1v) is 4.76. The lowest BCUT2D eigenvalue weighted by Crippen LogP contribution is -1.83. The van der Waals surface area contributed by atoms with Crippen molar-refractivity contribution in [2.24, 2.45) is 0 Å². The molecule has 0 spiro atoms. The van der Waals surface area contributed by atoms with E-state index in [-0.39, 0.29) is 0 Å². The van der Waals surface area contributed by atoms with Gasteiger partial charge in [0.2, 0.25) is 0 Å². The van der Waals surface area contributed by atoms with Crippen LogP contribution in [0.5, 0.6) is 0 Å². The van der Waals surface area contributed by atoms with E-state index in [9.17, 15) is 0 Å². The molecule has 0 amide bonds. The van der Waals surface area contributed by atoms with E-state index in [2.05, 4.69) is 31.0 Å². The summed E-state index contributed by atoms with van der Waals surface area (Å²) in [7, 11) is 0. The smallest absolute Gasteiger partial charge is 0.0444 e. The minimum absolute atomic E-state index is 1.09. The van der Waals surface area contributed by atoms with Crippen LogP contribution in [0.25, 0.3) is 6.08 Å². The fourth-order valence-corrected chi connectivity index (χ4v) is 0.960. The van der Waals surface area contributed by atoms with Gasteiger partial charge in [0.1, 0.15) is 0 Å². The Morgan fingerprint density at radius 2 is 1.92 bits per heavy atom. The Bertz CT molecular complexity index is 270. The van der Waals surface area contributed by atoms with E-state index in [0.29, 0.717) is 0 Å². The molecule has 0 radical (unpaired) electrons. The van der Waals surface area contributed by atoms with Gasteiger partial charge in [-0.25, -0.2) is 0 Å². The summed E-state index contributed by atoms with van der Waals surface area (Å²) in [5.74, 6) is 0. The maximum absolute atomic E-state index is 4.19. The maximum atomic E-state index is 4.19. The molecule has 0 unspecified atom stereocenters. The third kappa shape index (κ3) is 4.46. The SMILES string of the molecule is CC.CC(C)=Cc1cccnc1C. The van der Waals surface area contributed by atoms with Crippen LogP contribution in [0.2, 0.25) is 0 Å². The predicted molar refractivity (Wildman–Crippen MR) is 59.6 cm³/mol. The van der Waals surface area contributed by atoms with Crippen LogP contribution >= 0.6 is 0 Å². The molecule has 1 aromatic heterocycles. The highest BCUT2D eigenvalue weighted by Gasteiger charge is 1.91. The first-order chi connectivity index (χ1) is 6.20. The molecule has 1 heterocycles. The number of aromatic nitrogens is 1. The lowest BCUT2D eigenvalue weighted by atomic mass is 10.1. The molecule has 1 rings (SSSR count). The molecule has 0 bridgehead atoms. The van der Waals surface area contributed by atoms with Crippen molar-refractivity contribution in [3.8, 4) is 0 Å². The van der Waals surface area contributed by atoms with Crippen LogP contribution in [-0.4, -0.2) is 4.98 Å². The van der Waals surface area contributed by atoms with E-state index in [4.69, 9.17) is 0 Å². The average Bonchev–Trinajstić information content (AvgIpc) is 2.12. The van der Waals surface area contributed by atoms with Gasteiger partial charge in [-0.1, -0.05) is 31.6 Å². The molecule has 0 N–H and O–H groups in total. The van der Waals surface area contributed by atoms with Gasteiger partial charge < -0.3 is 0 Å². The van der Waals surface area contributed by atoms with Crippen molar-refractivity contribution in [1.29, 1.82) is 0 Å². The zero-order valence-corrected chi connectivity index (χ0v) is 9.26. The van der Waals surface area contributed by atoms with Crippen molar-refractivity contribution in [3.63, 3.8) is 0 Å². The number of rotatable bonds is 1. The van der Waals surface area contributed by atoms with Crippen LogP contribution < -0.4 is 0 Å². The summed E-state index contributed by atoms with van der Waals surface area (Å²) >= 11 is 0. The number of aryl methyl sites for hydroxylation is 1. The Balaban J connectivity index is 0.000000671. The number of nitrogens with zero attached hydrogens (tertiary/aromatic N) is 1. The normalized spacial score (nSPS) is 8.38. The lowest BCUT2D eigenvalue weighted by Gasteiger charge is -1.97. The summed E-state index contributed by atoms with van der Waals surface area (Å²) in [4.78, 5) is 4.19. The molecule has 0 atom stereocenters. The Hall–Kier alpha value is -1.11. The van der Waals surface area contributed by atoms with E-state index in [0.717, 1.165) is 5.69 Å². The highest BCUT2D eigenvalue weighted by molar-refractivity contribution is 5.53. The molecule has 0 saturated carbocycles. The quantitative estimate of drug-likeness (QED) is 0.635. The largest absolute Gasteiger partial charge is 0.261 e. The Kier molecular flexibility index (Phi) is 5.86. The number of allylic oxidation sites excluding steroid dienone is 1. The molecule has 0 aliphatic carbocycles. The number of hydrogen-bond donors (Lipinski definition) is 0. The van der Waals surface area contributed by atoms with E-state index in [1.807, 2.05) is 33.0 Å². The highest BCUT2D eigenvalue weighted by atomic mass is 14.7. The summed E-state index contributed by atoms with van der Waals surface area (Å²) in [5, 5.41) is 0. The fourth-order valence-electron chi connectivity index (χ4n) is 0.960. The molecule has 13 heavy (non-hydrogen) atoms. The molecule has 0 aliphatic heterocycles. The molecule has 1 heteroatoms. The van der Waals surface area contributed by atoms with Crippen LogP contribution in [0.15, 0.2) is 23.9 Å². The minimum Gasteiger partial charge on any atom is -0.261 e. The van der Waals surface area contributed by atoms with Crippen molar-refractivity contribution in [1.82, 2.24) is 4.98 Å². The summed E-state index contributed by atoms with van der Waals surface area (Å²) in [6.45, 7) is 10.2. The summed E-state index contributed by atoms with van der Waals surface area (Å²) in [5.41, 5.74) is 3.61. The second-order valence-electron chi connectivity index (χ2n) is 2.90. The van der Waals surface area contributed by atoms with E-state index < -0.39 is 0 Å².